The lowest BCUT2D eigenvalue weighted by Gasteiger charge is -2.07. The summed E-state index contributed by atoms with van der Waals surface area (Å²) < 4.78 is 26.1. The highest BCUT2D eigenvalue weighted by molar-refractivity contribution is 7.88. The fraction of sp³-hybridized carbons (Fsp3) is 0.300. The summed E-state index contributed by atoms with van der Waals surface area (Å²) in [5, 5.41) is 12.9. The number of benzene rings is 1. The molecule has 8 heteroatoms. The number of tetrazole rings is 1. The molecule has 0 spiro atoms. The minimum Gasteiger partial charge on any atom is -0.212 e. The van der Waals surface area contributed by atoms with Crippen LogP contribution < -0.4 is 4.72 Å². The van der Waals surface area contributed by atoms with E-state index in [4.69, 9.17) is 0 Å². The molecular formula is C10H13N5O2S. The Kier molecular flexibility index (Phi) is 3.68. The van der Waals surface area contributed by atoms with Crippen LogP contribution in [0.4, 0.5) is 0 Å². The first-order valence-corrected chi connectivity index (χ1v) is 6.96. The van der Waals surface area contributed by atoms with Gasteiger partial charge in [-0.15, -0.1) is 10.2 Å². The van der Waals surface area contributed by atoms with Crippen molar-refractivity contribution in [3.63, 3.8) is 0 Å². The smallest absolute Gasteiger partial charge is 0.212 e. The van der Waals surface area contributed by atoms with Crippen LogP contribution in [0.25, 0.3) is 0 Å². The van der Waals surface area contributed by atoms with Crippen LogP contribution in [0.1, 0.15) is 17.0 Å². The second-order valence-electron chi connectivity index (χ2n) is 3.83. The summed E-state index contributed by atoms with van der Waals surface area (Å²) in [5.74, 6) is 0.251. The molecular weight excluding hydrogens is 254 g/mol. The Bertz CT molecular complexity index is 609. The molecule has 0 saturated carbocycles. The van der Waals surface area contributed by atoms with E-state index in [1.54, 1.807) is 6.07 Å². The first-order chi connectivity index (χ1) is 8.57. The van der Waals surface area contributed by atoms with Gasteiger partial charge in [0.1, 0.15) is 0 Å². The average Bonchev–Trinajstić information content (AvgIpc) is 2.83. The number of nitrogens with one attached hydrogen (secondary N) is 2. The van der Waals surface area contributed by atoms with Gasteiger partial charge in [-0.05, 0) is 18.1 Å². The van der Waals surface area contributed by atoms with E-state index < -0.39 is 10.0 Å². The first-order valence-electron chi connectivity index (χ1n) is 5.31. The number of hydrogen-bond donors (Lipinski definition) is 2. The number of H-pyrrole nitrogens is 1. The van der Waals surface area contributed by atoms with Crippen LogP contribution in [0.3, 0.4) is 0 Å². The standard InChI is InChI=1S/C10H13N5O2S/c1-8-4-2-3-5-9(8)7-18(16,17)11-6-10-12-14-15-13-10/h2-5,11H,6-7H2,1H3,(H,12,13,14,15). The van der Waals surface area contributed by atoms with Gasteiger partial charge in [-0.3, -0.25) is 0 Å². The second-order valence-corrected chi connectivity index (χ2v) is 5.64. The van der Waals surface area contributed by atoms with Crippen LogP contribution in [0.2, 0.25) is 0 Å². The molecule has 7 nitrogen and oxygen atoms in total. The first kappa shape index (κ1) is 12.7. The van der Waals surface area contributed by atoms with Crippen LogP contribution in [0.5, 0.6) is 0 Å². The van der Waals surface area contributed by atoms with Crippen LogP contribution in [0, 0.1) is 6.92 Å². The molecule has 1 aromatic carbocycles. The lowest BCUT2D eigenvalue weighted by atomic mass is 10.1. The average molecular weight is 267 g/mol. The van der Waals surface area contributed by atoms with Crippen LogP contribution in [0.15, 0.2) is 24.3 Å². The third-order valence-corrected chi connectivity index (χ3v) is 3.72. The molecule has 0 saturated heterocycles. The van der Waals surface area contributed by atoms with Crippen LogP contribution >= 0.6 is 0 Å². The Morgan fingerprint density at radius 3 is 2.78 bits per heavy atom. The summed E-state index contributed by atoms with van der Waals surface area (Å²) in [7, 11) is -3.40. The van der Waals surface area contributed by atoms with E-state index in [1.165, 1.54) is 0 Å². The van der Waals surface area contributed by atoms with E-state index in [9.17, 15) is 8.42 Å². The van der Waals surface area contributed by atoms with E-state index in [0.717, 1.165) is 11.1 Å². The number of hydrogen-bond acceptors (Lipinski definition) is 5. The van der Waals surface area contributed by atoms with Crippen molar-refractivity contribution in [1.82, 2.24) is 25.3 Å². The highest BCUT2D eigenvalue weighted by Crippen LogP contribution is 2.10. The number of nitrogens with zero attached hydrogens (tertiary/aromatic N) is 3. The largest absolute Gasteiger partial charge is 0.216 e. The topological polar surface area (TPSA) is 101 Å². The minimum atomic E-state index is -3.40. The predicted molar refractivity (Wildman–Crippen MR) is 64.8 cm³/mol. The molecule has 1 heterocycles. The Balaban J connectivity index is 2.02. The van der Waals surface area contributed by atoms with Gasteiger partial charge >= 0.3 is 0 Å². The summed E-state index contributed by atoms with van der Waals surface area (Å²) in [6.07, 6.45) is 0. The van der Waals surface area contributed by atoms with Gasteiger partial charge in [0, 0.05) is 0 Å². The van der Waals surface area contributed by atoms with Crippen molar-refractivity contribution in [3.05, 3.63) is 41.2 Å². The molecule has 0 aliphatic rings. The Hall–Kier alpha value is -1.80. The fourth-order valence-corrected chi connectivity index (χ4v) is 2.64. The zero-order chi connectivity index (χ0) is 13.0. The van der Waals surface area contributed by atoms with Gasteiger partial charge in [-0.25, -0.2) is 13.1 Å². The number of aromatic amines is 1. The van der Waals surface area contributed by atoms with Gasteiger partial charge in [0.15, 0.2) is 5.82 Å². The number of aryl methyl sites for hydroxylation is 1. The van der Waals surface area contributed by atoms with Crippen molar-refractivity contribution in [2.75, 3.05) is 0 Å². The maximum Gasteiger partial charge on any atom is 0.216 e. The van der Waals surface area contributed by atoms with E-state index in [0.29, 0.717) is 5.82 Å². The molecule has 96 valence electrons. The van der Waals surface area contributed by atoms with Crippen LogP contribution in [-0.4, -0.2) is 29.0 Å². The molecule has 0 fully saturated rings. The molecule has 0 radical (unpaired) electrons. The van der Waals surface area contributed by atoms with Gasteiger partial charge < -0.3 is 0 Å². The molecule has 0 aliphatic heterocycles. The molecule has 2 aromatic rings. The van der Waals surface area contributed by atoms with Gasteiger partial charge in [0.2, 0.25) is 10.0 Å². The normalized spacial score (nSPS) is 11.6. The molecule has 0 unspecified atom stereocenters. The zero-order valence-electron chi connectivity index (χ0n) is 9.79. The lowest BCUT2D eigenvalue weighted by Crippen LogP contribution is -2.25. The summed E-state index contributed by atoms with van der Waals surface area (Å²) in [6, 6.07) is 7.36. The van der Waals surface area contributed by atoms with Gasteiger partial charge in [0.05, 0.1) is 12.3 Å². The van der Waals surface area contributed by atoms with Gasteiger partial charge in [-0.2, -0.15) is 5.21 Å². The zero-order valence-corrected chi connectivity index (χ0v) is 10.6. The maximum atomic E-state index is 11.9. The molecule has 2 N–H and O–H groups in total. The summed E-state index contributed by atoms with van der Waals surface area (Å²) in [6.45, 7) is 1.91. The monoisotopic (exact) mass is 267 g/mol. The van der Waals surface area contributed by atoms with Crippen molar-refractivity contribution >= 4 is 10.0 Å². The highest BCUT2D eigenvalue weighted by Gasteiger charge is 2.13. The van der Waals surface area contributed by atoms with E-state index in [-0.39, 0.29) is 12.3 Å². The minimum absolute atomic E-state index is 0.0325. The highest BCUT2D eigenvalue weighted by atomic mass is 32.2. The van der Waals surface area contributed by atoms with E-state index >= 15 is 0 Å². The lowest BCUT2D eigenvalue weighted by molar-refractivity contribution is 0.578. The number of rotatable bonds is 5. The number of aromatic nitrogens is 4. The van der Waals surface area contributed by atoms with Crippen molar-refractivity contribution < 1.29 is 8.42 Å². The summed E-state index contributed by atoms with van der Waals surface area (Å²) >= 11 is 0. The quantitative estimate of drug-likeness (QED) is 0.801. The maximum absolute atomic E-state index is 11.9. The van der Waals surface area contributed by atoms with E-state index in [1.807, 2.05) is 25.1 Å². The fourth-order valence-electron chi connectivity index (χ4n) is 1.46. The molecule has 18 heavy (non-hydrogen) atoms. The molecule has 0 bridgehead atoms. The Labute approximate surface area is 105 Å². The molecule has 1 aromatic heterocycles. The summed E-state index contributed by atoms with van der Waals surface area (Å²) in [5.41, 5.74) is 1.72. The Morgan fingerprint density at radius 1 is 1.33 bits per heavy atom. The second kappa shape index (κ2) is 5.23. The summed E-state index contributed by atoms with van der Waals surface area (Å²) in [4.78, 5) is 0. The van der Waals surface area contributed by atoms with Crippen LogP contribution in [-0.2, 0) is 22.3 Å². The molecule has 2 rings (SSSR count). The van der Waals surface area contributed by atoms with Crippen molar-refractivity contribution in [3.8, 4) is 0 Å². The van der Waals surface area contributed by atoms with E-state index in [2.05, 4.69) is 25.3 Å². The van der Waals surface area contributed by atoms with Gasteiger partial charge in [0.25, 0.3) is 0 Å². The van der Waals surface area contributed by atoms with Crippen molar-refractivity contribution in [1.29, 1.82) is 0 Å². The molecule has 0 amide bonds. The number of sulfonamides is 1. The molecule has 0 aliphatic carbocycles. The van der Waals surface area contributed by atoms with Gasteiger partial charge in [-0.1, -0.05) is 29.5 Å². The Morgan fingerprint density at radius 2 is 2.11 bits per heavy atom. The third kappa shape index (κ3) is 3.34. The molecule has 0 atom stereocenters. The van der Waals surface area contributed by atoms with Crippen molar-refractivity contribution in [2.24, 2.45) is 0 Å². The van der Waals surface area contributed by atoms with Crippen molar-refractivity contribution in [2.45, 2.75) is 19.2 Å². The SMILES string of the molecule is Cc1ccccc1CS(=O)(=O)NCc1nn[nH]n1. The third-order valence-electron chi connectivity index (χ3n) is 2.45. The predicted octanol–water partition coefficient (Wildman–Crippen LogP) is 0.128.